The third-order valence-corrected chi connectivity index (χ3v) is 3.97. The highest BCUT2D eigenvalue weighted by Crippen LogP contribution is 2.28. The van der Waals surface area contributed by atoms with Crippen molar-refractivity contribution in [1.29, 1.82) is 0 Å². The van der Waals surface area contributed by atoms with E-state index in [1.165, 1.54) is 5.01 Å². The quantitative estimate of drug-likeness (QED) is 0.647. The number of para-hydroxylation sites is 1. The lowest BCUT2D eigenvalue weighted by molar-refractivity contribution is -0.117. The van der Waals surface area contributed by atoms with Gasteiger partial charge in [-0.1, -0.05) is 34.1 Å². The van der Waals surface area contributed by atoms with Crippen molar-refractivity contribution in [1.82, 2.24) is 5.43 Å². The normalized spacial score (nSPS) is 15.8. The lowest BCUT2D eigenvalue weighted by Crippen LogP contribution is -2.35. The molecule has 1 heterocycles. The van der Waals surface area contributed by atoms with Crippen molar-refractivity contribution in [2.45, 2.75) is 6.92 Å². The number of carbonyl (C=O) groups is 2. The number of nitrogens with zero attached hydrogens (tertiary/aromatic N) is 1. The minimum absolute atomic E-state index is 0.0675. The van der Waals surface area contributed by atoms with Crippen LogP contribution in [-0.4, -0.2) is 18.4 Å². The van der Waals surface area contributed by atoms with Gasteiger partial charge in [-0.05, 0) is 43.3 Å². The van der Waals surface area contributed by atoms with Crippen molar-refractivity contribution >= 4 is 39.5 Å². The van der Waals surface area contributed by atoms with E-state index in [1.54, 1.807) is 36.4 Å². The molecule has 3 rings (SSSR count). The Balaban J connectivity index is 1.98. The van der Waals surface area contributed by atoms with Crippen molar-refractivity contribution in [3.8, 4) is 5.75 Å². The van der Waals surface area contributed by atoms with E-state index in [4.69, 9.17) is 4.74 Å². The predicted octanol–water partition coefficient (Wildman–Crippen LogP) is 3.31. The van der Waals surface area contributed by atoms with Crippen molar-refractivity contribution in [3.63, 3.8) is 0 Å². The van der Waals surface area contributed by atoms with Gasteiger partial charge in [-0.15, -0.1) is 0 Å². The third-order valence-electron chi connectivity index (χ3n) is 3.48. The Hall–Kier alpha value is -2.60. The summed E-state index contributed by atoms with van der Waals surface area (Å²) < 4.78 is 6.40. The summed E-state index contributed by atoms with van der Waals surface area (Å²) in [5.74, 6) is -0.216. The topological polar surface area (TPSA) is 58.6 Å². The van der Waals surface area contributed by atoms with Crippen LogP contribution in [0.4, 0.5) is 5.69 Å². The summed E-state index contributed by atoms with van der Waals surface area (Å²) in [6, 6.07) is 14.4. The summed E-state index contributed by atoms with van der Waals surface area (Å²) >= 11 is 3.39. The molecule has 2 amide bonds. The lowest BCUT2D eigenvalue weighted by Gasteiger charge is -2.14. The number of rotatable bonds is 4. The van der Waals surface area contributed by atoms with E-state index in [9.17, 15) is 9.59 Å². The molecule has 0 unspecified atom stereocenters. The number of anilines is 1. The fraction of sp³-hybridized carbons (Fsp3) is 0.111. The van der Waals surface area contributed by atoms with E-state index < -0.39 is 11.8 Å². The number of hydrogen-bond donors (Lipinski definition) is 1. The number of carbonyl (C=O) groups excluding carboxylic acids is 2. The van der Waals surface area contributed by atoms with Crippen LogP contribution in [0, 0.1) is 0 Å². The Bertz CT molecular complexity index is 818. The van der Waals surface area contributed by atoms with Gasteiger partial charge in [-0.3, -0.25) is 15.0 Å². The van der Waals surface area contributed by atoms with Crippen molar-refractivity contribution < 1.29 is 14.3 Å². The van der Waals surface area contributed by atoms with Crippen LogP contribution >= 0.6 is 15.9 Å². The summed E-state index contributed by atoms with van der Waals surface area (Å²) in [4.78, 5) is 24.8. The highest BCUT2D eigenvalue weighted by atomic mass is 79.9. The standard InChI is InChI=1S/C18H15BrN2O3/c1-2-24-16-9-8-13(19)10-12(16)11-15-17(22)20-21(18(15)23)14-6-4-3-5-7-14/h3-11H,2H2,1H3,(H,20,22). The van der Waals surface area contributed by atoms with E-state index in [0.717, 1.165) is 4.47 Å². The molecule has 0 aromatic heterocycles. The average molecular weight is 387 g/mol. The highest BCUT2D eigenvalue weighted by molar-refractivity contribution is 9.10. The highest BCUT2D eigenvalue weighted by Gasteiger charge is 2.34. The van der Waals surface area contributed by atoms with Gasteiger partial charge in [-0.25, -0.2) is 5.01 Å². The van der Waals surface area contributed by atoms with Crippen molar-refractivity contribution in [2.75, 3.05) is 11.6 Å². The molecule has 1 aliphatic rings. The molecule has 1 aliphatic heterocycles. The molecule has 6 heteroatoms. The van der Waals surface area contributed by atoms with E-state index >= 15 is 0 Å². The number of ether oxygens (including phenoxy) is 1. The molecule has 0 spiro atoms. The molecule has 1 fully saturated rings. The predicted molar refractivity (Wildman–Crippen MR) is 95.4 cm³/mol. The maximum absolute atomic E-state index is 12.6. The van der Waals surface area contributed by atoms with Crippen LogP contribution in [0.25, 0.3) is 6.08 Å². The molecule has 1 saturated heterocycles. The van der Waals surface area contributed by atoms with Gasteiger partial charge in [0.15, 0.2) is 0 Å². The van der Waals surface area contributed by atoms with Crippen LogP contribution in [-0.2, 0) is 9.59 Å². The first-order valence-electron chi connectivity index (χ1n) is 7.44. The Morgan fingerprint density at radius 2 is 1.92 bits per heavy atom. The number of hydrazine groups is 1. The van der Waals surface area contributed by atoms with Gasteiger partial charge in [0.25, 0.3) is 11.8 Å². The fourth-order valence-electron chi connectivity index (χ4n) is 2.39. The first-order chi connectivity index (χ1) is 11.6. The van der Waals surface area contributed by atoms with Gasteiger partial charge < -0.3 is 4.74 Å². The second kappa shape index (κ2) is 6.88. The Kier molecular flexibility index (Phi) is 4.66. The molecule has 0 atom stereocenters. The van der Waals surface area contributed by atoms with E-state index in [0.29, 0.717) is 23.6 Å². The fourth-order valence-corrected chi connectivity index (χ4v) is 2.77. The molecule has 0 saturated carbocycles. The van der Waals surface area contributed by atoms with Crippen LogP contribution < -0.4 is 15.2 Å². The molecular weight excluding hydrogens is 372 g/mol. The zero-order valence-electron chi connectivity index (χ0n) is 13.0. The van der Waals surface area contributed by atoms with Crippen molar-refractivity contribution in [2.24, 2.45) is 0 Å². The summed E-state index contributed by atoms with van der Waals surface area (Å²) in [7, 11) is 0. The molecule has 2 aromatic rings. The monoisotopic (exact) mass is 386 g/mol. The SMILES string of the molecule is CCOc1ccc(Br)cc1C=C1C(=O)NN(c2ccccc2)C1=O. The zero-order chi connectivity index (χ0) is 17.1. The molecule has 0 aliphatic carbocycles. The first-order valence-corrected chi connectivity index (χ1v) is 8.24. The van der Waals surface area contributed by atoms with Crippen LogP contribution in [0.3, 0.4) is 0 Å². The number of halogens is 1. The van der Waals surface area contributed by atoms with Gasteiger partial charge in [0.05, 0.1) is 12.3 Å². The van der Waals surface area contributed by atoms with Gasteiger partial charge in [0, 0.05) is 10.0 Å². The maximum atomic E-state index is 12.6. The Morgan fingerprint density at radius 1 is 1.17 bits per heavy atom. The molecule has 2 aromatic carbocycles. The summed E-state index contributed by atoms with van der Waals surface area (Å²) in [6.07, 6.45) is 1.55. The minimum atomic E-state index is -0.439. The maximum Gasteiger partial charge on any atom is 0.282 e. The van der Waals surface area contributed by atoms with Crippen LogP contribution in [0.1, 0.15) is 12.5 Å². The van der Waals surface area contributed by atoms with Crippen LogP contribution in [0.15, 0.2) is 58.6 Å². The summed E-state index contributed by atoms with van der Waals surface area (Å²) in [5, 5.41) is 1.24. The van der Waals surface area contributed by atoms with Crippen molar-refractivity contribution in [3.05, 3.63) is 64.1 Å². The zero-order valence-corrected chi connectivity index (χ0v) is 14.5. The molecule has 5 nitrogen and oxygen atoms in total. The van der Waals surface area contributed by atoms with E-state index in [-0.39, 0.29) is 5.57 Å². The van der Waals surface area contributed by atoms with Crippen LogP contribution in [0.5, 0.6) is 5.75 Å². The number of amides is 2. The third kappa shape index (κ3) is 3.19. The van der Waals surface area contributed by atoms with E-state index in [1.807, 2.05) is 25.1 Å². The van der Waals surface area contributed by atoms with Gasteiger partial charge in [0.2, 0.25) is 0 Å². The second-order valence-corrected chi connectivity index (χ2v) is 6.01. The number of benzene rings is 2. The Labute approximate surface area is 148 Å². The summed E-state index contributed by atoms with van der Waals surface area (Å²) in [6.45, 7) is 2.37. The lowest BCUT2D eigenvalue weighted by atomic mass is 10.1. The van der Waals surface area contributed by atoms with Gasteiger partial charge in [0.1, 0.15) is 11.3 Å². The smallest absolute Gasteiger partial charge is 0.282 e. The second-order valence-electron chi connectivity index (χ2n) is 5.09. The molecule has 24 heavy (non-hydrogen) atoms. The van der Waals surface area contributed by atoms with E-state index in [2.05, 4.69) is 21.4 Å². The number of nitrogens with one attached hydrogen (secondary N) is 1. The average Bonchev–Trinajstić information content (AvgIpc) is 2.86. The summed E-state index contributed by atoms with van der Waals surface area (Å²) in [5.41, 5.74) is 3.92. The Morgan fingerprint density at radius 3 is 2.62 bits per heavy atom. The molecule has 0 bridgehead atoms. The number of hydrogen-bond acceptors (Lipinski definition) is 3. The largest absolute Gasteiger partial charge is 0.493 e. The minimum Gasteiger partial charge on any atom is -0.493 e. The molecular formula is C18H15BrN2O3. The first kappa shape index (κ1) is 16.3. The van der Waals surface area contributed by atoms with Crippen LogP contribution in [0.2, 0.25) is 0 Å². The molecule has 1 N–H and O–H groups in total. The molecule has 0 radical (unpaired) electrons. The van der Waals surface area contributed by atoms with Gasteiger partial charge >= 0.3 is 0 Å². The van der Waals surface area contributed by atoms with Gasteiger partial charge in [-0.2, -0.15) is 0 Å². The molecule has 122 valence electrons.